The average molecular weight is 718 g/mol. The summed E-state index contributed by atoms with van der Waals surface area (Å²) >= 11 is 0. The third kappa shape index (κ3) is 9.28. The van der Waals surface area contributed by atoms with Crippen LogP contribution in [0.1, 0.15) is 107 Å². The van der Waals surface area contributed by atoms with Crippen molar-refractivity contribution < 1.29 is 32.4 Å². The number of carbonyl (C=O) groups excluding carboxylic acids is 5. The van der Waals surface area contributed by atoms with E-state index in [-0.39, 0.29) is 48.9 Å². The number of fused-ring (bicyclic) bond motifs is 1. The van der Waals surface area contributed by atoms with Crippen molar-refractivity contribution in [3.05, 3.63) is 12.7 Å². The molecule has 2 aliphatic carbocycles. The minimum atomic E-state index is -3.58. The molecule has 4 N–H and O–H groups in total. The number of hydrogen-bond donors (Lipinski definition) is 4. The van der Waals surface area contributed by atoms with Crippen LogP contribution in [0.2, 0.25) is 0 Å². The van der Waals surface area contributed by atoms with E-state index >= 15 is 0 Å². The van der Waals surface area contributed by atoms with Crippen molar-refractivity contribution in [3.8, 4) is 12.3 Å². The summed E-state index contributed by atoms with van der Waals surface area (Å²) < 4.78 is 25.6. The maximum Gasteiger partial charge on any atom is 0.315 e. The lowest BCUT2D eigenvalue weighted by Crippen LogP contribution is -2.64. The van der Waals surface area contributed by atoms with Crippen LogP contribution in [0.4, 0.5) is 4.79 Å². The number of piperidine rings is 1. The number of likely N-dealkylation sites (tertiary alicyclic amines) is 1. The van der Waals surface area contributed by atoms with Crippen molar-refractivity contribution in [2.24, 2.45) is 22.7 Å². The lowest BCUT2D eigenvalue weighted by atomic mass is 9.83. The molecule has 3 aliphatic rings. The Labute approximate surface area is 299 Å². The Morgan fingerprint density at radius 2 is 1.64 bits per heavy atom. The van der Waals surface area contributed by atoms with Crippen LogP contribution in [0, 0.1) is 35.0 Å². The van der Waals surface area contributed by atoms with Crippen molar-refractivity contribution in [3.63, 3.8) is 0 Å². The Bertz CT molecular complexity index is 1480. The van der Waals surface area contributed by atoms with Gasteiger partial charge in [0.25, 0.3) is 5.91 Å². The molecule has 0 spiro atoms. The van der Waals surface area contributed by atoms with Gasteiger partial charge in [0.15, 0.2) is 9.84 Å². The Hall–Kier alpha value is -3.40. The van der Waals surface area contributed by atoms with Crippen molar-refractivity contribution in [1.29, 1.82) is 0 Å². The van der Waals surface area contributed by atoms with E-state index in [1.165, 1.54) is 4.90 Å². The molecule has 5 amide bonds. The van der Waals surface area contributed by atoms with E-state index in [0.29, 0.717) is 19.3 Å². The predicted molar refractivity (Wildman–Crippen MR) is 193 cm³/mol. The summed E-state index contributed by atoms with van der Waals surface area (Å²) in [5, 5.41) is 11.1. The van der Waals surface area contributed by atoms with Crippen molar-refractivity contribution in [2.45, 2.75) is 135 Å². The lowest BCUT2D eigenvalue weighted by Gasteiger charge is -2.41. The molecule has 280 valence electrons. The van der Waals surface area contributed by atoms with Gasteiger partial charge in [-0.25, -0.2) is 13.2 Å². The molecule has 1 unspecified atom stereocenters. The second-order valence-electron chi connectivity index (χ2n) is 17.0. The SMILES string of the molecule is C#CCCC(NC(=O)[C@@H]1[C@@H]2[C@H](CN1C(=O)[C@@H](NC(=O)NC1(CS(=O)(=O)C(C)(C)C)CCCCC1)C(C)(C)C)C2(C)C)C(=O)C(=O)NCCC=C. The monoisotopic (exact) mass is 717 g/mol. The number of amides is 5. The summed E-state index contributed by atoms with van der Waals surface area (Å²) in [4.78, 5) is 69.5. The van der Waals surface area contributed by atoms with Gasteiger partial charge in [0, 0.05) is 19.5 Å². The molecule has 50 heavy (non-hydrogen) atoms. The van der Waals surface area contributed by atoms with Gasteiger partial charge >= 0.3 is 6.03 Å². The van der Waals surface area contributed by atoms with E-state index in [9.17, 15) is 32.4 Å². The third-order valence-electron chi connectivity index (χ3n) is 10.8. The number of sulfone groups is 1. The molecule has 13 heteroatoms. The second-order valence-corrected chi connectivity index (χ2v) is 19.7. The van der Waals surface area contributed by atoms with E-state index in [0.717, 1.165) is 19.3 Å². The maximum atomic E-state index is 14.4. The van der Waals surface area contributed by atoms with Crippen LogP contribution in [-0.4, -0.2) is 90.1 Å². The fraction of sp³-hybridized carbons (Fsp3) is 0.757. The molecule has 3 rings (SSSR count). The Morgan fingerprint density at radius 3 is 2.18 bits per heavy atom. The van der Waals surface area contributed by atoms with Crippen LogP contribution < -0.4 is 21.3 Å². The molecule has 0 aromatic rings. The number of nitrogens with zero attached hydrogens (tertiary/aromatic N) is 1. The Kier molecular flexibility index (Phi) is 12.7. The molecule has 1 saturated heterocycles. The molecule has 12 nitrogen and oxygen atoms in total. The van der Waals surface area contributed by atoms with E-state index in [4.69, 9.17) is 6.42 Å². The standard InChI is InChI=1S/C37H59N5O7S/c1-11-13-18-25(28(43)31(45)38-21-14-12-2)39-30(44)27-26-24(36(26,9)10)22-42(27)32(46)29(34(3,4)5)40-33(47)41-37(19-16-15-17-20-37)23-50(48,49)35(6,7)8/h1,12,24-27,29H,2,13-23H2,3-10H3,(H,38,45)(H,39,44)(H2,40,41,47)/t24-,25?,26-,27-,29+/m0/s1. The van der Waals surface area contributed by atoms with Gasteiger partial charge in [-0.05, 0) is 69.1 Å². The van der Waals surface area contributed by atoms with E-state index < -0.39 is 73.2 Å². The number of terminal acetylenes is 1. The van der Waals surface area contributed by atoms with Crippen LogP contribution in [-0.2, 0) is 29.0 Å². The normalized spacial score (nSPS) is 23.7. The van der Waals surface area contributed by atoms with Gasteiger partial charge in [0.2, 0.25) is 17.6 Å². The fourth-order valence-electron chi connectivity index (χ4n) is 7.44. The van der Waals surface area contributed by atoms with Crippen molar-refractivity contribution >= 4 is 39.4 Å². The Balaban J connectivity index is 1.86. The molecular formula is C37H59N5O7S. The number of urea groups is 1. The van der Waals surface area contributed by atoms with Gasteiger partial charge < -0.3 is 26.2 Å². The average Bonchev–Trinajstić information content (AvgIpc) is 3.31. The van der Waals surface area contributed by atoms with Crippen molar-refractivity contribution in [1.82, 2.24) is 26.2 Å². The largest absolute Gasteiger partial charge is 0.349 e. The summed E-state index contributed by atoms with van der Waals surface area (Å²) in [6.45, 7) is 18.5. The number of carbonyl (C=O) groups is 5. The number of nitrogens with one attached hydrogen (secondary N) is 4. The first-order chi connectivity index (χ1) is 23.0. The zero-order valence-corrected chi connectivity index (χ0v) is 32.1. The molecule has 0 aromatic carbocycles. The number of ketones is 1. The van der Waals surface area contributed by atoms with Gasteiger partial charge in [-0.1, -0.05) is 60.0 Å². The summed E-state index contributed by atoms with van der Waals surface area (Å²) in [6, 6.07) is -3.83. The summed E-state index contributed by atoms with van der Waals surface area (Å²) in [7, 11) is -3.58. The van der Waals surface area contributed by atoms with Crippen LogP contribution in [0.3, 0.4) is 0 Å². The molecule has 0 bridgehead atoms. The Morgan fingerprint density at radius 1 is 1.02 bits per heavy atom. The predicted octanol–water partition coefficient (Wildman–Crippen LogP) is 3.26. The zero-order chi connectivity index (χ0) is 37.9. The van der Waals surface area contributed by atoms with Crippen LogP contribution in [0.5, 0.6) is 0 Å². The smallest absolute Gasteiger partial charge is 0.315 e. The van der Waals surface area contributed by atoms with Crippen LogP contribution in [0.15, 0.2) is 12.7 Å². The highest BCUT2D eigenvalue weighted by Crippen LogP contribution is 2.65. The maximum absolute atomic E-state index is 14.4. The molecule has 0 aromatic heterocycles. The van der Waals surface area contributed by atoms with Crippen LogP contribution in [0.25, 0.3) is 0 Å². The molecule has 1 aliphatic heterocycles. The third-order valence-corrected chi connectivity index (χ3v) is 13.6. The molecule has 5 atom stereocenters. The summed E-state index contributed by atoms with van der Waals surface area (Å²) in [5.41, 5.74) is -2.00. The topological polar surface area (TPSA) is 171 Å². The second kappa shape index (κ2) is 15.5. The summed E-state index contributed by atoms with van der Waals surface area (Å²) in [5.74, 6) is -0.604. The highest BCUT2D eigenvalue weighted by molar-refractivity contribution is 7.92. The first-order valence-corrected chi connectivity index (χ1v) is 19.5. The number of hydrogen-bond acceptors (Lipinski definition) is 7. The molecule has 0 radical (unpaired) electrons. The highest BCUT2D eigenvalue weighted by Gasteiger charge is 2.70. The van der Waals surface area contributed by atoms with Gasteiger partial charge in [0.1, 0.15) is 12.1 Å². The minimum Gasteiger partial charge on any atom is -0.349 e. The first kappa shape index (κ1) is 41.0. The highest BCUT2D eigenvalue weighted by atomic mass is 32.2. The van der Waals surface area contributed by atoms with E-state index in [2.05, 4.69) is 33.8 Å². The van der Waals surface area contributed by atoms with Crippen molar-refractivity contribution in [2.75, 3.05) is 18.8 Å². The molecule has 2 saturated carbocycles. The first-order valence-electron chi connectivity index (χ1n) is 17.8. The van der Waals surface area contributed by atoms with Gasteiger partial charge in [-0.2, -0.15) is 0 Å². The molecular weight excluding hydrogens is 659 g/mol. The van der Waals surface area contributed by atoms with Gasteiger partial charge in [0.05, 0.1) is 22.1 Å². The number of rotatable bonds is 14. The minimum absolute atomic E-state index is 0.0202. The van der Waals surface area contributed by atoms with Gasteiger partial charge in [-0.3, -0.25) is 19.2 Å². The van der Waals surface area contributed by atoms with Crippen LogP contribution >= 0.6 is 0 Å². The fourth-order valence-corrected chi connectivity index (χ4v) is 8.96. The number of Topliss-reactive ketones (excluding diaryl/α,β-unsaturated/α-hetero) is 1. The van der Waals surface area contributed by atoms with Gasteiger partial charge in [-0.15, -0.1) is 18.9 Å². The molecule has 1 heterocycles. The lowest BCUT2D eigenvalue weighted by molar-refractivity contribution is -0.145. The molecule has 3 fully saturated rings. The van der Waals surface area contributed by atoms with E-state index in [1.54, 1.807) is 26.8 Å². The summed E-state index contributed by atoms with van der Waals surface area (Å²) in [6.07, 6.45) is 11.2. The quantitative estimate of drug-likeness (QED) is 0.0925. The zero-order valence-electron chi connectivity index (χ0n) is 31.2. The van der Waals surface area contributed by atoms with E-state index in [1.807, 2.05) is 34.6 Å².